The van der Waals surface area contributed by atoms with Gasteiger partial charge in [0.2, 0.25) is 5.91 Å². The van der Waals surface area contributed by atoms with E-state index in [0.717, 1.165) is 12.8 Å². The number of likely N-dealkylation sites (tertiary alicyclic amines) is 1. The molecule has 0 atom stereocenters. The van der Waals surface area contributed by atoms with Crippen molar-refractivity contribution in [2.45, 2.75) is 49.5 Å². The van der Waals surface area contributed by atoms with E-state index >= 15 is 0 Å². The molecule has 0 bridgehead atoms. The van der Waals surface area contributed by atoms with E-state index in [4.69, 9.17) is 5.11 Å². The second-order valence-corrected chi connectivity index (χ2v) is 6.93. The first-order chi connectivity index (χ1) is 11.4. The summed E-state index contributed by atoms with van der Waals surface area (Å²) in [5, 5.41) is 19.1. The van der Waals surface area contributed by atoms with Crippen molar-refractivity contribution in [3.8, 4) is 0 Å². The zero-order valence-corrected chi connectivity index (χ0v) is 13.5. The molecular formula is C18H22FNO4. The van der Waals surface area contributed by atoms with E-state index in [2.05, 4.69) is 0 Å². The first-order valence-corrected chi connectivity index (χ1v) is 8.39. The Morgan fingerprint density at radius 1 is 1.08 bits per heavy atom. The lowest BCUT2D eigenvalue weighted by molar-refractivity contribution is -0.166. The van der Waals surface area contributed by atoms with Crippen molar-refractivity contribution >= 4 is 11.9 Å². The second-order valence-electron chi connectivity index (χ2n) is 6.93. The van der Waals surface area contributed by atoms with Crippen LogP contribution in [0.4, 0.5) is 4.39 Å². The normalized spacial score (nSPS) is 22.3. The maximum Gasteiger partial charge on any atom is 0.335 e. The number of hydrogen-bond donors (Lipinski definition) is 2. The SMILES string of the molecule is O=C(O)C1(O)CCN(C(=O)C2(c3cccc(F)c3)CCCC2)CC1. The summed E-state index contributed by atoms with van der Waals surface area (Å²) in [5.41, 5.74) is -1.77. The number of carbonyl (C=O) groups is 2. The largest absolute Gasteiger partial charge is 0.479 e. The van der Waals surface area contributed by atoms with Crippen molar-refractivity contribution in [3.05, 3.63) is 35.6 Å². The van der Waals surface area contributed by atoms with Gasteiger partial charge in [-0.15, -0.1) is 0 Å². The molecule has 3 rings (SSSR count). The molecule has 1 aromatic rings. The topological polar surface area (TPSA) is 77.8 Å². The van der Waals surface area contributed by atoms with Crippen LogP contribution in [0.1, 0.15) is 44.1 Å². The Kier molecular flexibility index (Phi) is 4.34. The summed E-state index contributed by atoms with van der Waals surface area (Å²) in [7, 11) is 0. The first-order valence-electron chi connectivity index (χ1n) is 8.39. The Hall–Kier alpha value is -1.95. The fraction of sp³-hybridized carbons (Fsp3) is 0.556. The van der Waals surface area contributed by atoms with Crippen molar-refractivity contribution < 1.29 is 24.2 Å². The molecule has 2 fully saturated rings. The minimum atomic E-state index is -1.75. The molecule has 0 spiro atoms. The van der Waals surface area contributed by atoms with Crippen LogP contribution in [-0.4, -0.2) is 45.7 Å². The van der Waals surface area contributed by atoms with Gasteiger partial charge in [0, 0.05) is 25.9 Å². The standard InChI is InChI=1S/C18H22FNO4/c19-14-5-3-4-13(12-14)17(6-1-2-7-17)15(21)20-10-8-18(24,9-11-20)16(22)23/h3-5,12,24H,1-2,6-11H2,(H,22,23). The van der Waals surface area contributed by atoms with Gasteiger partial charge in [-0.3, -0.25) is 4.79 Å². The zero-order valence-electron chi connectivity index (χ0n) is 13.5. The third-order valence-corrected chi connectivity index (χ3v) is 5.52. The Balaban J connectivity index is 1.83. The van der Waals surface area contributed by atoms with E-state index in [1.54, 1.807) is 17.0 Å². The van der Waals surface area contributed by atoms with Gasteiger partial charge in [0.05, 0.1) is 5.41 Å². The number of aliphatic carboxylic acids is 1. The average molecular weight is 335 g/mol. The van der Waals surface area contributed by atoms with Gasteiger partial charge >= 0.3 is 5.97 Å². The van der Waals surface area contributed by atoms with Crippen molar-refractivity contribution in [2.24, 2.45) is 0 Å². The van der Waals surface area contributed by atoms with Crippen molar-refractivity contribution in [1.29, 1.82) is 0 Å². The summed E-state index contributed by atoms with van der Waals surface area (Å²) in [5.74, 6) is -1.67. The van der Waals surface area contributed by atoms with Gasteiger partial charge in [-0.1, -0.05) is 25.0 Å². The molecule has 0 radical (unpaired) electrons. The van der Waals surface area contributed by atoms with Crippen LogP contribution in [0.2, 0.25) is 0 Å². The molecule has 24 heavy (non-hydrogen) atoms. The molecule has 2 N–H and O–H groups in total. The van der Waals surface area contributed by atoms with Crippen LogP contribution in [0.5, 0.6) is 0 Å². The zero-order chi connectivity index (χ0) is 17.4. The van der Waals surface area contributed by atoms with Gasteiger partial charge in [0.15, 0.2) is 5.60 Å². The molecule has 6 heteroatoms. The number of carboxylic acid groups (broad SMARTS) is 1. The third kappa shape index (κ3) is 2.79. The van der Waals surface area contributed by atoms with Crippen LogP contribution in [0.25, 0.3) is 0 Å². The van der Waals surface area contributed by atoms with Gasteiger partial charge in [0.25, 0.3) is 0 Å². The summed E-state index contributed by atoms with van der Waals surface area (Å²) in [6.45, 7) is 0.414. The number of benzene rings is 1. The number of aliphatic hydroxyl groups is 1. The van der Waals surface area contributed by atoms with Crippen LogP contribution < -0.4 is 0 Å². The number of halogens is 1. The highest BCUT2D eigenvalue weighted by atomic mass is 19.1. The van der Waals surface area contributed by atoms with Crippen molar-refractivity contribution in [2.75, 3.05) is 13.1 Å². The fourth-order valence-electron chi connectivity index (χ4n) is 3.99. The number of hydrogen-bond acceptors (Lipinski definition) is 3. The summed E-state index contributed by atoms with van der Waals surface area (Å²) in [6.07, 6.45) is 3.22. The Labute approximate surface area is 140 Å². The highest BCUT2D eigenvalue weighted by Crippen LogP contribution is 2.43. The first kappa shape index (κ1) is 16.9. The van der Waals surface area contributed by atoms with E-state index in [1.165, 1.54) is 12.1 Å². The van der Waals surface area contributed by atoms with E-state index in [1.807, 2.05) is 0 Å². The number of amides is 1. The van der Waals surface area contributed by atoms with Gasteiger partial charge in [0.1, 0.15) is 5.82 Å². The van der Waals surface area contributed by atoms with Gasteiger partial charge < -0.3 is 15.1 Å². The molecule has 1 aliphatic heterocycles. The molecule has 2 aliphatic rings. The van der Waals surface area contributed by atoms with Crippen LogP contribution in [0.15, 0.2) is 24.3 Å². The van der Waals surface area contributed by atoms with E-state index < -0.39 is 17.0 Å². The Bertz CT molecular complexity index is 646. The highest BCUT2D eigenvalue weighted by Gasteiger charge is 2.48. The number of rotatable bonds is 3. The summed E-state index contributed by atoms with van der Waals surface area (Å²) < 4.78 is 13.7. The molecule has 1 saturated carbocycles. The van der Waals surface area contributed by atoms with E-state index in [0.29, 0.717) is 18.4 Å². The van der Waals surface area contributed by atoms with Crippen LogP contribution in [0, 0.1) is 5.82 Å². The van der Waals surface area contributed by atoms with Gasteiger partial charge in [-0.05, 0) is 30.5 Å². The predicted octanol–water partition coefficient (Wildman–Crippen LogP) is 2.08. The van der Waals surface area contributed by atoms with Gasteiger partial charge in [-0.25, -0.2) is 9.18 Å². The van der Waals surface area contributed by atoms with E-state index in [-0.39, 0.29) is 37.7 Å². The second kappa shape index (κ2) is 6.16. The highest BCUT2D eigenvalue weighted by molar-refractivity contribution is 5.89. The van der Waals surface area contributed by atoms with Crippen LogP contribution >= 0.6 is 0 Å². The molecule has 1 heterocycles. The summed E-state index contributed by atoms with van der Waals surface area (Å²) >= 11 is 0. The molecule has 0 aromatic heterocycles. The Morgan fingerprint density at radius 2 is 1.71 bits per heavy atom. The monoisotopic (exact) mass is 335 g/mol. The maximum absolute atomic E-state index is 13.7. The van der Waals surface area contributed by atoms with Crippen molar-refractivity contribution in [3.63, 3.8) is 0 Å². The minimum absolute atomic E-state index is 0.0211. The molecule has 0 unspecified atom stereocenters. The lowest BCUT2D eigenvalue weighted by atomic mass is 9.76. The smallest absolute Gasteiger partial charge is 0.335 e. The molecule has 1 saturated heterocycles. The number of piperidine rings is 1. The quantitative estimate of drug-likeness (QED) is 0.886. The van der Waals surface area contributed by atoms with E-state index in [9.17, 15) is 19.1 Å². The molecule has 1 amide bonds. The number of carbonyl (C=O) groups excluding carboxylic acids is 1. The lowest BCUT2D eigenvalue weighted by Gasteiger charge is -2.40. The third-order valence-electron chi connectivity index (χ3n) is 5.52. The number of nitrogens with zero attached hydrogens (tertiary/aromatic N) is 1. The molecule has 1 aliphatic carbocycles. The fourth-order valence-corrected chi connectivity index (χ4v) is 3.99. The van der Waals surface area contributed by atoms with Crippen molar-refractivity contribution in [1.82, 2.24) is 4.90 Å². The van der Waals surface area contributed by atoms with Crippen LogP contribution in [-0.2, 0) is 15.0 Å². The van der Waals surface area contributed by atoms with Crippen LogP contribution in [0.3, 0.4) is 0 Å². The minimum Gasteiger partial charge on any atom is -0.479 e. The summed E-state index contributed by atoms with van der Waals surface area (Å²) in [4.78, 5) is 26.0. The molecule has 130 valence electrons. The van der Waals surface area contributed by atoms with Gasteiger partial charge in [-0.2, -0.15) is 0 Å². The average Bonchev–Trinajstić information content (AvgIpc) is 3.06. The Morgan fingerprint density at radius 3 is 2.25 bits per heavy atom. The molecule has 5 nitrogen and oxygen atoms in total. The molecule has 1 aromatic carbocycles. The summed E-state index contributed by atoms with van der Waals surface area (Å²) in [6, 6.07) is 6.21. The number of carboxylic acids is 1. The predicted molar refractivity (Wildman–Crippen MR) is 84.9 cm³/mol. The lowest BCUT2D eigenvalue weighted by Crippen LogP contribution is -2.54. The molecular weight excluding hydrogens is 313 g/mol. The maximum atomic E-state index is 13.7.